The molecule has 34 heavy (non-hydrogen) atoms. The summed E-state index contributed by atoms with van der Waals surface area (Å²) < 4.78 is 26.5. The van der Waals surface area contributed by atoms with E-state index in [0.29, 0.717) is 34.1 Å². The highest BCUT2D eigenvalue weighted by atomic mass is 35.5. The Kier molecular flexibility index (Phi) is 8.01. The van der Waals surface area contributed by atoms with Gasteiger partial charge in [0.15, 0.2) is 11.6 Å². The van der Waals surface area contributed by atoms with Crippen molar-refractivity contribution in [3.8, 4) is 0 Å². The Morgan fingerprint density at radius 1 is 1.15 bits per heavy atom. The van der Waals surface area contributed by atoms with E-state index in [9.17, 15) is 13.6 Å². The number of likely N-dealkylation sites (tertiary alicyclic amines) is 1. The highest BCUT2D eigenvalue weighted by Gasteiger charge is 2.33. The van der Waals surface area contributed by atoms with Crippen molar-refractivity contribution in [3.05, 3.63) is 58.2 Å². The van der Waals surface area contributed by atoms with Gasteiger partial charge in [-0.25, -0.2) is 13.8 Å². The molecule has 184 valence electrons. The Bertz CT molecular complexity index is 1010. The molecule has 1 aromatic carbocycles. The van der Waals surface area contributed by atoms with Crippen LogP contribution in [0.1, 0.15) is 42.1 Å². The number of hydrogen-bond acceptors (Lipinski definition) is 5. The first-order valence-electron chi connectivity index (χ1n) is 11.9. The lowest BCUT2D eigenvalue weighted by Gasteiger charge is -2.47. The van der Waals surface area contributed by atoms with Crippen LogP contribution in [-0.4, -0.2) is 72.5 Å². The number of piperidine rings is 1. The molecule has 0 unspecified atom stereocenters. The molecule has 0 aliphatic carbocycles. The number of carbonyl (C=O) groups excluding carboxylic acids is 1. The number of nitrogens with zero attached hydrogens (tertiary/aromatic N) is 4. The van der Waals surface area contributed by atoms with Crippen LogP contribution in [-0.2, 0) is 6.54 Å². The van der Waals surface area contributed by atoms with E-state index in [4.69, 9.17) is 11.6 Å². The third-order valence-corrected chi connectivity index (χ3v) is 7.26. The van der Waals surface area contributed by atoms with Gasteiger partial charge in [-0.1, -0.05) is 24.6 Å². The summed E-state index contributed by atoms with van der Waals surface area (Å²) in [6, 6.07) is 6.24. The first kappa shape index (κ1) is 24.8. The summed E-state index contributed by atoms with van der Waals surface area (Å²) >= 11 is 6.56. The van der Waals surface area contributed by atoms with Crippen LogP contribution in [0, 0.1) is 11.6 Å². The maximum atomic E-state index is 13.4. The molecule has 2 aliphatic rings. The van der Waals surface area contributed by atoms with Crippen molar-refractivity contribution >= 4 is 23.3 Å². The van der Waals surface area contributed by atoms with Gasteiger partial charge in [-0.15, -0.1) is 0 Å². The number of rotatable bonds is 6. The Morgan fingerprint density at radius 2 is 1.91 bits per heavy atom. The lowest BCUT2D eigenvalue weighted by atomic mass is 9.98. The first-order chi connectivity index (χ1) is 16.4. The van der Waals surface area contributed by atoms with Gasteiger partial charge >= 0.3 is 0 Å². The average molecular weight is 492 g/mol. The summed E-state index contributed by atoms with van der Waals surface area (Å²) in [5, 5.41) is 3.13. The number of pyridine rings is 1. The highest BCUT2D eigenvalue weighted by Crippen LogP contribution is 2.29. The van der Waals surface area contributed by atoms with Gasteiger partial charge in [0.1, 0.15) is 5.82 Å². The van der Waals surface area contributed by atoms with Gasteiger partial charge in [0.25, 0.3) is 5.91 Å². The quantitative estimate of drug-likeness (QED) is 0.663. The second-order valence-corrected chi connectivity index (χ2v) is 9.65. The van der Waals surface area contributed by atoms with Crippen LogP contribution in [0.25, 0.3) is 0 Å². The predicted octanol–water partition coefficient (Wildman–Crippen LogP) is 3.94. The van der Waals surface area contributed by atoms with Crippen LogP contribution in [0.4, 0.5) is 14.6 Å². The fourth-order valence-electron chi connectivity index (χ4n) is 4.95. The van der Waals surface area contributed by atoms with Crippen molar-refractivity contribution in [2.45, 2.75) is 44.8 Å². The van der Waals surface area contributed by atoms with E-state index in [-0.39, 0.29) is 12.5 Å². The number of aromatic nitrogens is 1. The first-order valence-corrected chi connectivity index (χ1v) is 12.3. The Morgan fingerprint density at radius 3 is 2.59 bits per heavy atom. The molecule has 0 saturated carbocycles. The van der Waals surface area contributed by atoms with Gasteiger partial charge in [0.05, 0.1) is 10.6 Å². The number of benzene rings is 1. The van der Waals surface area contributed by atoms with E-state index in [1.165, 1.54) is 25.1 Å². The molecule has 2 fully saturated rings. The van der Waals surface area contributed by atoms with E-state index in [1.807, 2.05) is 0 Å². The van der Waals surface area contributed by atoms with Gasteiger partial charge in [-0.05, 0) is 63.2 Å². The van der Waals surface area contributed by atoms with Crippen LogP contribution in [0.3, 0.4) is 0 Å². The summed E-state index contributed by atoms with van der Waals surface area (Å²) in [6.45, 7) is 7.27. The average Bonchev–Trinajstić information content (AvgIpc) is 2.84. The molecule has 2 aromatic rings. The number of hydrogen-bond donors (Lipinski definition) is 1. The van der Waals surface area contributed by atoms with Crippen molar-refractivity contribution in [2.24, 2.45) is 0 Å². The molecular weight excluding hydrogens is 460 g/mol. The molecule has 0 radical (unpaired) electrons. The molecule has 6 nitrogen and oxygen atoms in total. The second kappa shape index (κ2) is 11.0. The minimum absolute atomic E-state index is 0.0759. The molecular formula is C25H32ClF2N5O. The van der Waals surface area contributed by atoms with E-state index < -0.39 is 11.6 Å². The molecule has 1 atom stereocenters. The Hall–Kier alpha value is -2.29. The maximum Gasteiger partial charge on any atom is 0.253 e. The second-order valence-electron chi connectivity index (χ2n) is 9.24. The zero-order valence-electron chi connectivity index (χ0n) is 19.7. The van der Waals surface area contributed by atoms with Gasteiger partial charge in [0.2, 0.25) is 0 Å². The zero-order valence-corrected chi connectivity index (χ0v) is 20.5. The monoisotopic (exact) mass is 491 g/mol. The van der Waals surface area contributed by atoms with Crippen molar-refractivity contribution < 1.29 is 13.6 Å². The molecule has 4 rings (SSSR count). The van der Waals surface area contributed by atoms with E-state index in [1.54, 1.807) is 6.07 Å². The van der Waals surface area contributed by atoms with Gasteiger partial charge in [-0.2, -0.15) is 0 Å². The smallest absolute Gasteiger partial charge is 0.253 e. The van der Waals surface area contributed by atoms with Gasteiger partial charge in [0, 0.05) is 44.5 Å². The summed E-state index contributed by atoms with van der Waals surface area (Å²) in [5.74, 6) is -1.54. The normalized spacial score (nSPS) is 20.5. The van der Waals surface area contributed by atoms with Crippen molar-refractivity contribution in [1.29, 1.82) is 0 Å². The minimum atomic E-state index is -0.942. The SMILES string of the molecule is CC[C@H]1CN(c2ncc(C(=O)NCc3ccc(F)c(F)c3)cc2Cl)CCN1C1CCN(C)CC1. The fourth-order valence-corrected chi connectivity index (χ4v) is 5.24. The van der Waals surface area contributed by atoms with E-state index in [0.717, 1.165) is 51.3 Å². The molecule has 3 heterocycles. The van der Waals surface area contributed by atoms with E-state index >= 15 is 0 Å². The molecule has 1 aromatic heterocycles. The number of piperazine rings is 1. The topological polar surface area (TPSA) is 51.7 Å². The molecule has 9 heteroatoms. The van der Waals surface area contributed by atoms with Crippen molar-refractivity contribution in [2.75, 3.05) is 44.7 Å². The van der Waals surface area contributed by atoms with Crippen LogP contribution >= 0.6 is 11.6 Å². The van der Waals surface area contributed by atoms with Crippen LogP contribution in [0.15, 0.2) is 30.5 Å². The van der Waals surface area contributed by atoms with Gasteiger partial charge in [-0.3, -0.25) is 9.69 Å². The minimum Gasteiger partial charge on any atom is -0.353 e. The third kappa shape index (κ3) is 5.67. The zero-order chi connectivity index (χ0) is 24.2. The standard InChI is InChI=1S/C25H32ClF2N5O/c1-3-19-16-32(10-11-33(19)20-6-8-31(2)9-7-20)24-21(26)13-18(15-29-24)25(34)30-14-17-4-5-22(27)23(28)12-17/h4-5,12-13,15,19-20H,3,6-11,14,16H2,1-2H3,(H,30,34)/t19-/m0/s1. The summed E-state index contributed by atoms with van der Waals surface area (Å²) in [7, 11) is 2.19. The fraction of sp³-hybridized carbons (Fsp3) is 0.520. The number of amides is 1. The summed E-state index contributed by atoms with van der Waals surface area (Å²) in [6.07, 6.45) is 5.00. The Balaban J connectivity index is 1.37. The van der Waals surface area contributed by atoms with Crippen molar-refractivity contribution in [1.82, 2.24) is 20.1 Å². The highest BCUT2D eigenvalue weighted by molar-refractivity contribution is 6.33. The molecule has 1 amide bonds. The summed E-state index contributed by atoms with van der Waals surface area (Å²) in [5.41, 5.74) is 0.796. The number of nitrogens with one attached hydrogen (secondary N) is 1. The third-order valence-electron chi connectivity index (χ3n) is 6.98. The number of carbonyl (C=O) groups is 1. The van der Waals surface area contributed by atoms with Crippen LogP contribution < -0.4 is 10.2 Å². The lowest BCUT2D eigenvalue weighted by molar-refractivity contribution is 0.0701. The van der Waals surface area contributed by atoms with E-state index in [2.05, 4.69) is 39.0 Å². The Labute approximate surface area is 204 Å². The largest absolute Gasteiger partial charge is 0.353 e. The predicted molar refractivity (Wildman–Crippen MR) is 130 cm³/mol. The lowest BCUT2D eigenvalue weighted by Crippen LogP contribution is -2.58. The molecule has 0 spiro atoms. The molecule has 2 saturated heterocycles. The number of halogens is 3. The van der Waals surface area contributed by atoms with Gasteiger partial charge < -0.3 is 15.1 Å². The number of anilines is 1. The summed E-state index contributed by atoms with van der Waals surface area (Å²) in [4.78, 5) is 24.3. The van der Waals surface area contributed by atoms with Crippen molar-refractivity contribution in [3.63, 3.8) is 0 Å². The van der Waals surface area contributed by atoms with Crippen LogP contribution in [0.2, 0.25) is 5.02 Å². The molecule has 1 N–H and O–H groups in total. The molecule has 2 aliphatic heterocycles. The maximum absolute atomic E-state index is 13.4. The van der Waals surface area contributed by atoms with Crippen LogP contribution in [0.5, 0.6) is 0 Å². The molecule has 0 bridgehead atoms.